The molecule has 0 aliphatic carbocycles. The maximum Gasteiger partial charge on any atom is 0.232 e. The molecule has 114 valence electrons. The number of pyridine rings is 1. The van der Waals surface area contributed by atoms with Crippen molar-refractivity contribution in [3.05, 3.63) is 30.1 Å². The summed E-state index contributed by atoms with van der Waals surface area (Å²) in [5.41, 5.74) is 1.04. The maximum atomic E-state index is 12.3. The zero-order valence-electron chi connectivity index (χ0n) is 12.8. The van der Waals surface area contributed by atoms with Crippen LogP contribution in [0.25, 0.3) is 0 Å². The van der Waals surface area contributed by atoms with E-state index in [1.807, 2.05) is 12.1 Å². The molecule has 5 heteroatoms. The van der Waals surface area contributed by atoms with Crippen LogP contribution in [-0.4, -0.2) is 29.9 Å². The largest absolute Gasteiger partial charge is 0.355 e. The van der Waals surface area contributed by atoms with Gasteiger partial charge in [-0.2, -0.15) is 0 Å². The molecule has 21 heavy (non-hydrogen) atoms. The Hall–Kier alpha value is -1.91. The van der Waals surface area contributed by atoms with Gasteiger partial charge in [-0.3, -0.25) is 14.6 Å². The van der Waals surface area contributed by atoms with E-state index in [0.29, 0.717) is 13.1 Å². The number of amides is 2. The average Bonchev–Trinajstić information content (AvgIpc) is 2.82. The number of carbonyl (C=O) groups excluding carboxylic acids is 2. The summed E-state index contributed by atoms with van der Waals surface area (Å²) < 4.78 is 0. The van der Waals surface area contributed by atoms with Crippen molar-refractivity contribution >= 4 is 11.8 Å². The smallest absolute Gasteiger partial charge is 0.232 e. The molecule has 0 saturated carbocycles. The second-order valence-corrected chi connectivity index (χ2v) is 6.59. The highest BCUT2D eigenvalue weighted by molar-refractivity contribution is 6.02. The molecule has 2 N–H and O–H groups in total. The van der Waals surface area contributed by atoms with Crippen LogP contribution in [0.2, 0.25) is 0 Å². The quantitative estimate of drug-likeness (QED) is 0.817. The topological polar surface area (TPSA) is 71.1 Å². The Morgan fingerprint density at radius 3 is 2.67 bits per heavy atom. The summed E-state index contributed by atoms with van der Waals surface area (Å²) in [6, 6.07) is 3.85. The minimum atomic E-state index is -0.581. The van der Waals surface area contributed by atoms with Crippen molar-refractivity contribution in [1.29, 1.82) is 0 Å². The van der Waals surface area contributed by atoms with Gasteiger partial charge in [-0.1, -0.05) is 20.8 Å². The van der Waals surface area contributed by atoms with Crippen LogP contribution in [0, 0.1) is 17.3 Å². The highest BCUT2D eigenvalue weighted by Gasteiger charge is 2.45. The Labute approximate surface area is 125 Å². The molecule has 0 aromatic carbocycles. The third-order valence-electron chi connectivity index (χ3n) is 4.04. The van der Waals surface area contributed by atoms with Crippen molar-refractivity contribution in [2.24, 2.45) is 17.3 Å². The SMILES string of the molecule is CC(C)(C)[C@H]1CNC(=O)[C@H]1C(=O)NCCc1ccncc1. The van der Waals surface area contributed by atoms with Gasteiger partial charge in [0.2, 0.25) is 11.8 Å². The first-order valence-electron chi connectivity index (χ1n) is 7.34. The van der Waals surface area contributed by atoms with Gasteiger partial charge in [-0.05, 0) is 29.5 Å². The van der Waals surface area contributed by atoms with E-state index in [4.69, 9.17) is 0 Å². The van der Waals surface area contributed by atoms with Crippen LogP contribution in [0.3, 0.4) is 0 Å². The summed E-state index contributed by atoms with van der Waals surface area (Å²) >= 11 is 0. The minimum Gasteiger partial charge on any atom is -0.355 e. The van der Waals surface area contributed by atoms with Crippen molar-refractivity contribution in [3.8, 4) is 0 Å². The van der Waals surface area contributed by atoms with Crippen LogP contribution in [0.15, 0.2) is 24.5 Å². The molecule has 1 aromatic rings. The summed E-state index contributed by atoms with van der Waals surface area (Å²) in [4.78, 5) is 28.2. The molecule has 2 amide bonds. The summed E-state index contributed by atoms with van der Waals surface area (Å²) in [5, 5.41) is 5.69. The summed E-state index contributed by atoms with van der Waals surface area (Å²) in [5.74, 6) is -0.872. The fourth-order valence-electron chi connectivity index (χ4n) is 2.72. The Bertz CT molecular complexity index is 508. The predicted octanol–water partition coefficient (Wildman–Crippen LogP) is 1.15. The van der Waals surface area contributed by atoms with Crippen molar-refractivity contribution in [2.45, 2.75) is 27.2 Å². The summed E-state index contributed by atoms with van der Waals surface area (Å²) in [7, 11) is 0. The number of nitrogens with zero attached hydrogens (tertiary/aromatic N) is 1. The zero-order chi connectivity index (χ0) is 15.5. The lowest BCUT2D eigenvalue weighted by Crippen LogP contribution is -2.41. The lowest BCUT2D eigenvalue weighted by molar-refractivity contribution is -0.135. The lowest BCUT2D eigenvalue weighted by Gasteiger charge is -2.29. The van der Waals surface area contributed by atoms with Crippen LogP contribution < -0.4 is 10.6 Å². The first kappa shape index (κ1) is 15.5. The first-order valence-corrected chi connectivity index (χ1v) is 7.34. The fourth-order valence-corrected chi connectivity index (χ4v) is 2.72. The second kappa shape index (κ2) is 6.24. The van der Waals surface area contributed by atoms with Gasteiger partial charge in [-0.25, -0.2) is 0 Å². The van der Waals surface area contributed by atoms with Crippen LogP contribution >= 0.6 is 0 Å². The van der Waals surface area contributed by atoms with Crippen molar-refractivity contribution in [2.75, 3.05) is 13.1 Å². The Morgan fingerprint density at radius 1 is 1.38 bits per heavy atom. The number of rotatable bonds is 4. The highest BCUT2D eigenvalue weighted by Crippen LogP contribution is 2.35. The van der Waals surface area contributed by atoms with Crippen molar-refractivity contribution in [1.82, 2.24) is 15.6 Å². The average molecular weight is 289 g/mol. The number of hydrogen-bond acceptors (Lipinski definition) is 3. The van der Waals surface area contributed by atoms with Crippen LogP contribution in [0.4, 0.5) is 0 Å². The standard InChI is InChI=1S/C16H23N3O2/c1-16(2,3)12-10-19-15(21)13(12)14(20)18-9-6-11-4-7-17-8-5-11/h4-5,7-8,12-13H,6,9-10H2,1-3H3,(H,18,20)(H,19,21)/t12-,13+/m0/s1. The van der Waals surface area contributed by atoms with Crippen molar-refractivity contribution in [3.63, 3.8) is 0 Å². The molecule has 0 unspecified atom stereocenters. The summed E-state index contributed by atoms with van der Waals surface area (Å²) in [6.07, 6.45) is 4.21. The van der Waals surface area contributed by atoms with E-state index in [0.717, 1.165) is 12.0 Å². The molecule has 0 spiro atoms. The molecule has 5 nitrogen and oxygen atoms in total. The van der Waals surface area contributed by atoms with E-state index < -0.39 is 5.92 Å². The van der Waals surface area contributed by atoms with Crippen LogP contribution in [-0.2, 0) is 16.0 Å². The molecule has 2 rings (SSSR count). The molecule has 1 aliphatic heterocycles. The van der Waals surface area contributed by atoms with Crippen molar-refractivity contribution < 1.29 is 9.59 Å². The van der Waals surface area contributed by atoms with E-state index in [2.05, 4.69) is 36.4 Å². The van der Waals surface area contributed by atoms with Gasteiger partial charge in [-0.15, -0.1) is 0 Å². The third-order valence-corrected chi connectivity index (χ3v) is 4.04. The molecule has 1 fully saturated rings. The monoisotopic (exact) mass is 289 g/mol. The number of hydrogen-bond donors (Lipinski definition) is 2. The van der Waals surface area contributed by atoms with E-state index in [9.17, 15) is 9.59 Å². The van der Waals surface area contributed by atoms with Gasteiger partial charge in [0, 0.05) is 31.4 Å². The second-order valence-electron chi connectivity index (χ2n) is 6.59. The molecule has 1 aliphatic rings. The first-order chi connectivity index (χ1) is 9.89. The molecule has 1 aromatic heterocycles. The number of nitrogens with one attached hydrogen (secondary N) is 2. The fraction of sp³-hybridized carbons (Fsp3) is 0.562. The van der Waals surface area contributed by atoms with Gasteiger partial charge in [0.25, 0.3) is 0 Å². The highest BCUT2D eigenvalue weighted by atomic mass is 16.2. The van der Waals surface area contributed by atoms with Crippen LogP contribution in [0.1, 0.15) is 26.3 Å². The van der Waals surface area contributed by atoms with E-state index >= 15 is 0 Å². The maximum absolute atomic E-state index is 12.3. The lowest BCUT2D eigenvalue weighted by atomic mass is 9.74. The Balaban J connectivity index is 1.91. The van der Waals surface area contributed by atoms with E-state index in [1.165, 1.54) is 0 Å². The normalized spacial score (nSPS) is 22.0. The van der Waals surface area contributed by atoms with Gasteiger partial charge in [0.1, 0.15) is 5.92 Å². The zero-order valence-corrected chi connectivity index (χ0v) is 12.8. The molecule has 0 radical (unpaired) electrons. The predicted molar refractivity (Wildman–Crippen MR) is 80.4 cm³/mol. The van der Waals surface area contributed by atoms with Gasteiger partial charge >= 0.3 is 0 Å². The summed E-state index contributed by atoms with van der Waals surface area (Å²) in [6.45, 7) is 7.30. The third kappa shape index (κ3) is 3.80. The van der Waals surface area contributed by atoms with Crippen LogP contribution in [0.5, 0.6) is 0 Å². The molecule has 2 atom stereocenters. The number of carbonyl (C=O) groups is 2. The minimum absolute atomic E-state index is 0.0333. The molecular weight excluding hydrogens is 266 g/mol. The molecule has 1 saturated heterocycles. The Morgan fingerprint density at radius 2 is 2.05 bits per heavy atom. The van der Waals surface area contributed by atoms with E-state index in [-0.39, 0.29) is 23.1 Å². The van der Waals surface area contributed by atoms with E-state index in [1.54, 1.807) is 12.4 Å². The Kier molecular flexibility index (Phi) is 4.60. The number of aromatic nitrogens is 1. The van der Waals surface area contributed by atoms with Gasteiger partial charge in [0.15, 0.2) is 0 Å². The molecular formula is C16H23N3O2. The molecule has 2 heterocycles. The molecule has 0 bridgehead atoms. The van der Waals surface area contributed by atoms with Gasteiger partial charge < -0.3 is 10.6 Å². The van der Waals surface area contributed by atoms with Gasteiger partial charge in [0.05, 0.1) is 0 Å².